The third-order valence-corrected chi connectivity index (χ3v) is 2.24. The van der Waals surface area contributed by atoms with Gasteiger partial charge in [-0.2, -0.15) is 5.26 Å². The maximum atomic E-state index is 11.3. The van der Waals surface area contributed by atoms with Gasteiger partial charge in [-0.15, -0.1) is 0 Å². The Kier molecular flexibility index (Phi) is 4.48. The van der Waals surface area contributed by atoms with Crippen molar-refractivity contribution in [3.63, 3.8) is 0 Å². The van der Waals surface area contributed by atoms with E-state index in [-0.39, 0.29) is 5.56 Å². The first-order chi connectivity index (χ1) is 8.02. The highest BCUT2D eigenvalue weighted by Gasteiger charge is 2.07. The van der Waals surface area contributed by atoms with Gasteiger partial charge in [-0.1, -0.05) is 15.9 Å². The van der Waals surface area contributed by atoms with Gasteiger partial charge >= 0.3 is 12.0 Å². The zero-order valence-corrected chi connectivity index (χ0v) is 10.1. The van der Waals surface area contributed by atoms with Gasteiger partial charge < -0.3 is 15.7 Å². The van der Waals surface area contributed by atoms with Gasteiger partial charge in [-0.05, 0) is 18.2 Å². The van der Waals surface area contributed by atoms with Gasteiger partial charge in [0.1, 0.15) is 12.6 Å². The second-order valence-electron chi connectivity index (χ2n) is 3.00. The van der Waals surface area contributed by atoms with E-state index in [0.717, 1.165) is 0 Å². The molecule has 2 amide bonds. The number of nitrogens with zero attached hydrogens (tertiary/aromatic N) is 1. The number of carbonyl (C=O) groups is 2. The second kappa shape index (κ2) is 5.86. The van der Waals surface area contributed by atoms with Gasteiger partial charge in [0, 0.05) is 4.47 Å². The van der Waals surface area contributed by atoms with Crippen LogP contribution in [0.1, 0.15) is 5.56 Å². The van der Waals surface area contributed by atoms with E-state index in [0.29, 0.717) is 10.2 Å². The largest absolute Gasteiger partial charge is 0.480 e. The maximum absolute atomic E-state index is 11.3. The number of rotatable bonds is 3. The summed E-state index contributed by atoms with van der Waals surface area (Å²) in [5, 5.41) is 21.7. The summed E-state index contributed by atoms with van der Waals surface area (Å²) < 4.78 is 0.713. The number of hydrogen-bond acceptors (Lipinski definition) is 3. The lowest BCUT2D eigenvalue weighted by atomic mass is 10.2. The third-order valence-electron chi connectivity index (χ3n) is 1.75. The molecule has 0 aromatic heterocycles. The summed E-state index contributed by atoms with van der Waals surface area (Å²) in [7, 11) is 0. The molecule has 7 heteroatoms. The molecule has 0 saturated carbocycles. The Morgan fingerprint density at radius 1 is 1.47 bits per heavy atom. The normalized spacial score (nSPS) is 9.18. The molecule has 0 radical (unpaired) electrons. The van der Waals surface area contributed by atoms with Crippen molar-refractivity contribution in [3.8, 4) is 6.07 Å². The Bertz CT molecular complexity index is 496. The van der Waals surface area contributed by atoms with E-state index in [2.05, 4.69) is 26.6 Å². The number of carboxylic acid groups (broad SMARTS) is 1. The number of nitrogens with one attached hydrogen (secondary N) is 2. The predicted octanol–water partition coefficient (Wildman–Crippen LogP) is 1.53. The number of halogens is 1. The average Bonchev–Trinajstić information content (AvgIpc) is 2.28. The van der Waals surface area contributed by atoms with E-state index in [1.165, 1.54) is 0 Å². The van der Waals surface area contributed by atoms with Crippen molar-refractivity contribution in [1.29, 1.82) is 5.26 Å². The number of amides is 2. The molecule has 0 saturated heterocycles. The third kappa shape index (κ3) is 4.12. The van der Waals surface area contributed by atoms with E-state index in [1.54, 1.807) is 18.2 Å². The van der Waals surface area contributed by atoms with E-state index >= 15 is 0 Å². The average molecular weight is 298 g/mol. The molecule has 0 aliphatic carbocycles. The smallest absolute Gasteiger partial charge is 0.323 e. The molecule has 0 aliphatic rings. The van der Waals surface area contributed by atoms with Crippen LogP contribution in [0.15, 0.2) is 22.7 Å². The monoisotopic (exact) mass is 297 g/mol. The Hall–Kier alpha value is -2.07. The Balaban J connectivity index is 2.72. The van der Waals surface area contributed by atoms with Gasteiger partial charge in [-0.25, -0.2) is 4.79 Å². The molecule has 6 nitrogen and oxygen atoms in total. The lowest BCUT2D eigenvalue weighted by molar-refractivity contribution is -0.135. The van der Waals surface area contributed by atoms with Crippen LogP contribution in [0.4, 0.5) is 10.5 Å². The standard InChI is InChI=1S/C10H8BrN3O3/c11-7-1-2-8(6(3-7)4-12)14-10(17)13-5-9(15)16/h1-3H,5H2,(H,15,16)(H2,13,14,17). The first kappa shape index (κ1) is 13.0. The quantitative estimate of drug-likeness (QED) is 0.787. The number of benzene rings is 1. The summed E-state index contributed by atoms with van der Waals surface area (Å²) in [6.45, 7) is -0.482. The van der Waals surface area contributed by atoms with Crippen LogP contribution in [0.25, 0.3) is 0 Å². The summed E-state index contributed by atoms with van der Waals surface area (Å²) in [5.74, 6) is -1.14. The molecule has 88 valence electrons. The number of carboxylic acids is 1. The molecule has 0 bridgehead atoms. The number of nitriles is 1. The summed E-state index contributed by atoms with van der Waals surface area (Å²) in [4.78, 5) is 21.5. The fourth-order valence-corrected chi connectivity index (χ4v) is 1.40. The fourth-order valence-electron chi connectivity index (χ4n) is 1.04. The molecular formula is C10H8BrN3O3. The van der Waals surface area contributed by atoms with Gasteiger partial charge in [-0.3, -0.25) is 4.79 Å². The minimum absolute atomic E-state index is 0.282. The Labute approximate surface area is 105 Å². The van der Waals surface area contributed by atoms with Crippen molar-refractivity contribution in [2.45, 2.75) is 0 Å². The minimum atomic E-state index is -1.14. The summed E-state index contributed by atoms with van der Waals surface area (Å²) in [6.07, 6.45) is 0. The van der Waals surface area contributed by atoms with Crippen LogP contribution in [0, 0.1) is 11.3 Å². The highest BCUT2D eigenvalue weighted by atomic mass is 79.9. The van der Waals surface area contributed by atoms with Gasteiger partial charge in [0.2, 0.25) is 0 Å². The number of hydrogen-bond donors (Lipinski definition) is 3. The molecule has 0 unspecified atom stereocenters. The SMILES string of the molecule is N#Cc1cc(Br)ccc1NC(=O)NCC(=O)O. The first-order valence-electron chi connectivity index (χ1n) is 4.49. The molecule has 1 aromatic carbocycles. The van der Waals surface area contributed by atoms with E-state index in [1.807, 2.05) is 6.07 Å². The lowest BCUT2D eigenvalue weighted by Gasteiger charge is -2.07. The number of urea groups is 1. The zero-order chi connectivity index (χ0) is 12.8. The molecule has 3 N–H and O–H groups in total. The summed E-state index contributed by atoms with van der Waals surface area (Å²) in [5.41, 5.74) is 0.600. The summed E-state index contributed by atoms with van der Waals surface area (Å²) in [6, 6.07) is 6.00. The number of carbonyl (C=O) groups excluding carboxylic acids is 1. The van der Waals surface area contributed by atoms with Crippen LogP contribution in [0.2, 0.25) is 0 Å². The highest BCUT2D eigenvalue weighted by molar-refractivity contribution is 9.10. The number of anilines is 1. The van der Waals surface area contributed by atoms with Crippen LogP contribution >= 0.6 is 15.9 Å². The number of aliphatic carboxylic acids is 1. The highest BCUT2D eigenvalue weighted by Crippen LogP contribution is 2.19. The van der Waals surface area contributed by atoms with Crippen molar-refractivity contribution in [1.82, 2.24) is 5.32 Å². The Morgan fingerprint density at radius 3 is 2.76 bits per heavy atom. The van der Waals surface area contributed by atoms with Crippen LogP contribution in [-0.2, 0) is 4.79 Å². The summed E-state index contributed by atoms with van der Waals surface area (Å²) >= 11 is 3.20. The van der Waals surface area contributed by atoms with Crippen LogP contribution in [0.3, 0.4) is 0 Å². The maximum Gasteiger partial charge on any atom is 0.323 e. The first-order valence-corrected chi connectivity index (χ1v) is 5.28. The lowest BCUT2D eigenvalue weighted by Crippen LogP contribution is -2.33. The van der Waals surface area contributed by atoms with Crippen molar-refractivity contribution < 1.29 is 14.7 Å². The zero-order valence-electron chi connectivity index (χ0n) is 8.53. The topological polar surface area (TPSA) is 102 Å². The Morgan fingerprint density at radius 2 is 2.18 bits per heavy atom. The molecule has 0 heterocycles. The molecule has 1 aromatic rings. The van der Waals surface area contributed by atoms with Crippen molar-refractivity contribution >= 4 is 33.6 Å². The molecule has 0 fully saturated rings. The molecular weight excluding hydrogens is 290 g/mol. The van der Waals surface area contributed by atoms with E-state index in [9.17, 15) is 9.59 Å². The van der Waals surface area contributed by atoms with E-state index in [4.69, 9.17) is 10.4 Å². The second-order valence-corrected chi connectivity index (χ2v) is 3.92. The van der Waals surface area contributed by atoms with Gasteiger partial charge in [0.25, 0.3) is 0 Å². The molecule has 0 spiro atoms. The van der Waals surface area contributed by atoms with Crippen LogP contribution in [-0.4, -0.2) is 23.7 Å². The van der Waals surface area contributed by atoms with E-state index < -0.39 is 18.5 Å². The molecule has 0 aliphatic heterocycles. The molecule has 1 rings (SSSR count). The minimum Gasteiger partial charge on any atom is -0.480 e. The van der Waals surface area contributed by atoms with Gasteiger partial charge in [0.15, 0.2) is 0 Å². The molecule has 17 heavy (non-hydrogen) atoms. The van der Waals surface area contributed by atoms with Gasteiger partial charge in [0.05, 0.1) is 11.3 Å². The van der Waals surface area contributed by atoms with Crippen LogP contribution in [0.5, 0.6) is 0 Å². The van der Waals surface area contributed by atoms with Crippen molar-refractivity contribution in [2.24, 2.45) is 0 Å². The fraction of sp³-hybridized carbons (Fsp3) is 0.100. The molecule has 0 atom stereocenters. The van der Waals surface area contributed by atoms with Crippen LogP contribution < -0.4 is 10.6 Å². The predicted molar refractivity (Wildman–Crippen MR) is 63.5 cm³/mol. The van der Waals surface area contributed by atoms with Crippen molar-refractivity contribution in [2.75, 3.05) is 11.9 Å². The van der Waals surface area contributed by atoms with Crippen molar-refractivity contribution in [3.05, 3.63) is 28.2 Å².